The summed E-state index contributed by atoms with van der Waals surface area (Å²) in [7, 11) is 0. The number of aliphatic carboxylic acids is 1. The summed E-state index contributed by atoms with van der Waals surface area (Å²) in [6.45, 7) is 1.85. The van der Waals surface area contributed by atoms with E-state index in [9.17, 15) is 29.1 Å². The monoisotopic (exact) mass is 456 g/mol. The summed E-state index contributed by atoms with van der Waals surface area (Å²) in [5.41, 5.74) is 21.4. The summed E-state index contributed by atoms with van der Waals surface area (Å²) < 4.78 is 0. The minimum Gasteiger partial charge on any atom is -0.480 e. The number of guanidine groups is 1. The molecule has 4 unspecified atom stereocenters. The second-order valence-electron chi connectivity index (χ2n) is 7.55. The van der Waals surface area contributed by atoms with E-state index in [1.54, 1.807) is 0 Å². The molecule has 0 bridgehead atoms. The molecule has 14 nitrogen and oxygen atoms in total. The zero-order valence-electron chi connectivity index (χ0n) is 18.0. The number of rotatable bonds is 12. The lowest BCUT2D eigenvalue weighted by atomic mass is 10.1. The summed E-state index contributed by atoms with van der Waals surface area (Å²) in [6, 6.07) is -4.39. The summed E-state index contributed by atoms with van der Waals surface area (Å²) >= 11 is 0. The van der Waals surface area contributed by atoms with Crippen molar-refractivity contribution in [3.05, 3.63) is 0 Å². The number of likely N-dealkylation sites (tertiary alicyclic amines) is 1. The van der Waals surface area contributed by atoms with Gasteiger partial charge in [-0.15, -0.1) is 0 Å². The Hall–Kier alpha value is -3.42. The first-order valence-corrected chi connectivity index (χ1v) is 10.2. The van der Waals surface area contributed by atoms with Gasteiger partial charge in [-0.1, -0.05) is 0 Å². The van der Waals surface area contributed by atoms with Crippen LogP contribution in [0.5, 0.6) is 0 Å². The van der Waals surface area contributed by atoms with Crippen LogP contribution in [-0.4, -0.2) is 82.8 Å². The fourth-order valence-corrected chi connectivity index (χ4v) is 3.22. The third kappa shape index (κ3) is 8.37. The molecule has 0 aromatic carbocycles. The molecule has 0 spiro atoms. The number of aliphatic imine (C=N–C) groups is 1. The maximum atomic E-state index is 12.8. The molecule has 0 radical (unpaired) electrons. The average Bonchev–Trinajstić information content (AvgIpc) is 3.19. The summed E-state index contributed by atoms with van der Waals surface area (Å²) in [5.74, 6) is -4.17. The SMILES string of the molecule is CC(NC(=O)C(N)CCCN=C(N)N)C(=O)NC(CC(N)=O)C(=O)N1CCCC1C(=O)O. The Labute approximate surface area is 185 Å². The van der Waals surface area contributed by atoms with Crippen molar-refractivity contribution < 1.29 is 29.1 Å². The number of hydrogen-bond acceptors (Lipinski definition) is 7. The van der Waals surface area contributed by atoms with E-state index in [4.69, 9.17) is 22.9 Å². The number of carbonyl (C=O) groups excluding carboxylic acids is 4. The van der Waals surface area contributed by atoms with Gasteiger partial charge in [-0.05, 0) is 32.6 Å². The molecular formula is C18H32N8O6. The van der Waals surface area contributed by atoms with Crippen LogP contribution in [0, 0.1) is 0 Å². The Kier molecular flexibility index (Phi) is 10.3. The number of amides is 4. The van der Waals surface area contributed by atoms with E-state index in [2.05, 4.69) is 15.6 Å². The van der Waals surface area contributed by atoms with Crippen molar-refractivity contribution in [3.8, 4) is 0 Å². The van der Waals surface area contributed by atoms with Gasteiger partial charge in [0, 0.05) is 13.1 Å². The maximum absolute atomic E-state index is 12.8. The number of nitrogens with two attached hydrogens (primary N) is 4. The molecule has 1 aliphatic rings. The fourth-order valence-electron chi connectivity index (χ4n) is 3.22. The molecule has 4 atom stereocenters. The minimum atomic E-state index is -1.35. The molecule has 0 aliphatic carbocycles. The maximum Gasteiger partial charge on any atom is 0.326 e. The van der Waals surface area contributed by atoms with Gasteiger partial charge in [0.05, 0.1) is 12.5 Å². The van der Waals surface area contributed by atoms with Crippen LogP contribution in [0.4, 0.5) is 0 Å². The molecule has 0 aromatic rings. The fraction of sp³-hybridized carbons (Fsp3) is 0.667. The van der Waals surface area contributed by atoms with Crippen LogP contribution < -0.4 is 33.6 Å². The predicted molar refractivity (Wildman–Crippen MR) is 114 cm³/mol. The smallest absolute Gasteiger partial charge is 0.326 e. The van der Waals surface area contributed by atoms with Crippen molar-refractivity contribution in [2.45, 2.75) is 63.2 Å². The van der Waals surface area contributed by atoms with Gasteiger partial charge in [0.1, 0.15) is 18.1 Å². The number of nitrogens with one attached hydrogen (secondary N) is 2. The van der Waals surface area contributed by atoms with E-state index in [0.29, 0.717) is 19.4 Å². The van der Waals surface area contributed by atoms with E-state index in [0.717, 1.165) is 4.90 Å². The molecule has 1 saturated heterocycles. The Morgan fingerprint density at radius 2 is 1.78 bits per heavy atom. The number of carbonyl (C=O) groups is 5. The lowest BCUT2D eigenvalue weighted by Crippen LogP contribution is -2.57. The van der Waals surface area contributed by atoms with Crippen LogP contribution in [0.3, 0.4) is 0 Å². The highest BCUT2D eigenvalue weighted by Gasteiger charge is 2.38. The topological polar surface area (TPSA) is 249 Å². The summed E-state index contributed by atoms with van der Waals surface area (Å²) in [5, 5.41) is 14.1. The highest BCUT2D eigenvalue weighted by molar-refractivity contribution is 5.96. The lowest BCUT2D eigenvalue weighted by Gasteiger charge is -2.27. The average molecular weight is 457 g/mol. The zero-order valence-corrected chi connectivity index (χ0v) is 18.0. The van der Waals surface area contributed by atoms with Crippen LogP contribution in [0.15, 0.2) is 4.99 Å². The van der Waals surface area contributed by atoms with Crippen molar-refractivity contribution in [1.29, 1.82) is 0 Å². The first-order chi connectivity index (χ1) is 14.9. The first kappa shape index (κ1) is 26.6. The quantitative estimate of drug-likeness (QED) is 0.0865. The van der Waals surface area contributed by atoms with Crippen LogP contribution in [-0.2, 0) is 24.0 Å². The highest BCUT2D eigenvalue weighted by atomic mass is 16.4. The van der Waals surface area contributed by atoms with Crippen molar-refractivity contribution in [1.82, 2.24) is 15.5 Å². The predicted octanol–water partition coefficient (Wildman–Crippen LogP) is -3.69. The number of carboxylic acids is 1. The van der Waals surface area contributed by atoms with Gasteiger partial charge >= 0.3 is 5.97 Å². The van der Waals surface area contributed by atoms with E-state index in [-0.39, 0.29) is 25.3 Å². The molecule has 180 valence electrons. The number of hydrogen-bond donors (Lipinski definition) is 7. The molecule has 4 amide bonds. The molecule has 0 aromatic heterocycles. The zero-order chi connectivity index (χ0) is 24.4. The van der Waals surface area contributed by atoms with Crippen molar-refractivity contribution in [3.63, 3.8) is 0 Å². The number of nitrogens with zero attached hydrogens (tertiary/aromatic N) is 2. The van der Waals surface area contributed by atoms with Crippen molar-refractivity contribution >= 4 is 35.6 Å². The molecule has 1 heterocycles. The summed E-state index contributed by atoms with van der Waals surface area (Å²) in [4.78, 5) is 65.1. The normalized spacial score (nSPS) is 18.2. The van der Waals surface area contributed by atoms with Gasteiger partial charge in [-0.2, -0.15) is 0 Å². The van der Waals surface area contributed by atoms with Crippen LogP contribution in [0.1, 0.15) is 39.0 Å². The van der Waals surface area contributed by atoms with Crippen LogP contribution in [0.25, 0.3) is 0 Å². The van der Waals surface area contributed by atoms with E-state index >= 15 is 0 Å². The Morgan fingerprint density at radius 1 is 1.12 bits per heavy atom. The summed E-state index contributed by atoms with van der Waals surface area (Å²) in [6.07, 6.45) is 0.950. The Morgan fingerprint density at radius 3 is 2.34 bits per heavy atom. The Bertz CT molecular complexity index is 754. The van der Waals surface area contributed by atoms with Gasteiger partial charge in [0.15, 0.2) is 5.96 Å². The molecule has 1 fully saturated rings. The molecular weight excluding hydrogens is 424 g/mol. The minimum absolute atomic E-state index is 0.0722. The van der Waals surface area contributed by atoms with Gasteiger partial charge in [0.25, 0.3) is 0 Å². The third-order valence-corrected chi connectivity index (χ3v) is 4.90. The van der Waals surface area contributed by atoms with Gasteiger partial charge < -0.3 is 43.6 Å². The molecule has 0 saturated carbocycles. The molecule has 1 rings (SSSR count). The molecule has 32 heavy (non-hydrogen) atoms. The van der Waals surface area contributed by atoms with Crippen LogP contribution >= 0.6 is 0 Å². The second-order valence-corrected chi connectivity index (χ2v) is 7.55. The van der Waals surface area contributed by atoms with E-state index < -0.39 is 60.2 Å². The van der Waals surface area contributed by atoms with Gasteiger partial charge in [0.2, 0.25) is 23.6 Å². The molecule has 14 heteroatoms. The largest absolute Gasteiger partial charge is 0.480 e. The Balaban J connectivity index is 2.70. The standard InChI is InChI=1S/C18H32N8O6/c1-9(24-15(29)10(19)4-2-6-23-18(21)22)14(28)25-11(8-13(20)27)16(30)26-7-3-5-12(26)17(31)32/h9-12H,2-8,19H2,1H3,(H2,20,27)(H,24,29)(H,25,28)(H,31,32)(H4,21,22,23). The molecule has 11 N–H and O–H groups in total. The van der Waals surface area contributed by atoms with Crippen molar-refractivity contribution in [2.75, 3.05) is 13.1 Å². The van der Waals surface area contributed by atoms with Gasteiger partial charge in [-0.3, -0.25) is 24.2 Å². The lowest BCUT2D eigenvalue weighted by molar-refractivity contribution is -0.149. The number of primary amides is 1. The third-order valence-electron chi connectivity index (χ3n) is 4.90. The van der Waals surface area contributed by atoms with E-state index in [1.165, 1.54) is 6.92 Å². The van der Waals surface area contributed by atoms with Crippen LogP contribution in [0.2, 0.25) is 0 Å². The highest BCUT2D eigenvalue weighted by Crippen LogP contribution is 2.19. The van der Waals surface area contributed by atoms with Crippen molar-refractivity contribution in [2.24, 2.45) is 27.9 Å². The first-order valence-electron chi connectivity index (χ1n) is 10.2. The van der Waals surface area contributed by atoms with Gasteiger partial charge in [-0.25, -0.2) is 4.79 Å². The van der Waals surface area contributed by atoms with E-state index in [1.807, 2.05) is 0 Å². The molecule has 1 aliphatic heterocycles. The number of carboxylic acid groups (broad SMARTS) is 1. The second kappa shape index (κ2) is 12.4.